The van der Waals surface area contributed by atoms with E-state index in [9.17, 15) is 0 Å². The highest BCUT2D eigenvalue weighted by Crippen LogP contribution is 2.25. The van der Waals surface area contributed by atoms with E-state index in [0.717, 1.165) is 13.1 Å². The summed E-state index contributed by atoms with van der Waals surface area (Å²) in [5, 5.41) is 3.77. The Balaban J connectivity index is 2.10. The maximum atomic E-state index is 3.77. The van der Waals surface area contributed by atoms with Gasteiger partial charge in [-0.05, 0) is 44.7 Å². The number of nitrogens with zero attached hydrogens (tertiary/aromatic N) is 1. The average Bonchev–Trinajstić information content (AvgIpc) is 2.69. The first-order valence-electron chi connectivity index (χ1n) is 7.78. The van der Waals surface area contributed by atoms with Crippen LogP contribution in [0.4, 0.5) is 0 Å². The van der Waals surface area contributed by atoms with Gasteiger partial charge in [-0.25, -0.2) is 0 Å². The topological polar surface area (TPSA) is 15.3 Å². The molecule has 0 bridgehead atoms. The molecule has 0 aliphatic carbocycles. The molecule has 1 N–H and O–H groups in total. The molecular weight excluding hydrogens is 264 g/mol. The van der Waals surface area contributed by atoms with Crippen LogP contribution in [0.1, 0.15) is 32.8 Å². The monoisotopic (exact) mass is 292 g/mol. The molecule has 1 aromatic carbocycles. The number of thioether (sulfide) groups is 1. The molecule has 0 aromatic heterocycles. The molecule has 0 saturated carbocycles. The van der Waals surface area contributed by atoms with E-state index in [4.69, 9.17) is 0 Å². The smallest absolute Gasteiger partial charge is 0.0535 e. The van der Waals surface area contributed by atoms with Gasteiger partial charge in [-0.2, -0.15) is 11.8 Å². The zero-order chi connectivity index (χ0) is 14.4. The van der Waals surface area contributed by atoms with E-state index in [-0.39, 0.29) is 5.54 Å². The number of hydrogen-bond acceptors (Lipinski definition) is 3. The molecular formula is C17H28N2S. The normalized spacial score (nSPS) is 26.1. The summed E-state index contributed by atoms with van der Waals surface area (Å²) in [6, 6.07) is 11.6. The van der Waals surface area contributed by atoms with Gasteiger partial charge in [0.05, 0.1) is 5.54 Å². The third kappa shape index (κ3) is 4.00. The zero-order valence-corrected chi connectivity index (χ0v) is 13.9. The van der Waals surface area contributed by atoms with Crippen molar-refractivity contribution in [2.75, 3.05) is 31.1 Å². The Kier molecular flexibility index (Phi) is 5.94. The lowest BCUT2D eigenvalue weighted by molar-refractivity contribution is 0.184. The summed E-state index contributed by atoms with van der Waals surface area (Å²) in [5.41, 5.74) is 1.48. The van der Waals surface area contributed by atoms with Crippen molar-refractivity contribution >= 4 is 11.8 Å². The zero-order valence-electron chi connectivity index (χ0n) is 13.1. The van der Waals surface area contributed by atoms with Gasteiger partial charge in [0.15, 0.2) is 0 Å². The maximum absolute atomic E-state index is 3.77. The van der Waals surface area contributed by atoms with Crippen LogP contribution in [-0.4, -0.2) is 42.1 Å². The van der Waals surface area contributed by atoms with Crippen molar-refractivity contribution in [2.45, 2.75) is 38.8 Å². The van der Waals surface area contributed by atoms with Gasteiger partial charge in [-0.3, -0.25) is 4.90 Å². The first-order chi connectivity index (χ1) is 9.65. The predicted octanol–water partition coefficient (Wildman–Crippen LogP) is 3.34. The van der Waals surface area contributed by atoms with E-state index in [0.29, 0.717) is 6.04 Å². The molecule has 1 saturated heterocycles. The van der Waals surface area contributed by atoms with Gasteiger partial charge in [0.1, 0.15) is 0 Å². The van der Waals surface area contributed by atoms with Crippen LogP contribution in [0.3, 0.4) is 0 Å². The van der Waals surface area contributed by atoms with Crippen molar-refractivity contribution in [2.24, 2.45) is 0 Å². The van der Waals surface area contributed by atoms with Crippen molar-refractivity contribution in [1.82, 2.24) is 10.2 Å². The Bertz CT molecular complexity index is 395. The Morgan fingerprint density at radius 2 is 2.10 bits per heavy atom. The highest BCUT2D eigenvalue weighted by atomic mass is 32.2. The lowest BCUT2D eigenvalue weighted by Gasteiger charge is -2.37. The Morgan fingerprint density at radius 1 is 1.35 bits per heavy atom. The lowest BCUT2D eigenvalue weighted by Crippen LogP contribution is -2.49. The van der Waals surface area contributed by atoms with Crippen LogP contribution >= 0.6 is 11.8 Å². The minimum atomic E-state index is 0.0723. The molecule has 2 nitrogen and oxygen atoms in total. The molecule has 1 aromatic rings. The number of rotatable bonds is 5. The van der Waals surface area contributed by atoms with Crippen LogP contribution in [0.25, 0.3) is 0 Å². The van der Waals surface area contributed by atoms with Crippen LogP contribution in [0.15, 0.2) is 30.3 Å². The first kappa shape index (κ1) is 15.9. The van der Waals surface area contributed by atoms with Crippen molar-refractivity contribution in [3.05, 3.63) is 35.9 Å². The van der Waals surface area contributed by atoms with Crippen LogP contribution in [-0.2, 0) is 5.54 Å². The predicted molar refractivity (Wildman–Crippen MR) is 90.4 cm³/mol. The summed E-state index contributed by atoms with van der Waals surface area (Å²) in [6.45, 7) is 10.4. The van der Waals surface area contributed by atoms with Gasteiger partial charge in [-0.15, -0.1) is 0 Å². The van der Waals surface area contributed by atoms with Gasteiger partial charge in [0.2, 0.25) is 0 Å². The van der Waals surface area contributed by atoms with E-state index in [1.54, 1.807) is 0 Å². The molecule has 1 aliphatic heterocycles. The maximum Gasteiger partial charge on any atom is 0.0535 e. The van der Waals surface area contributed by atoms with E-state index >= 15 is 0 Å². The molecule has 2 unspecified atom stereocenters. The van der Waals surface area contributed by atoms with Gasteiger partial charge in [0, 0.05) is 18.3 Å². The second kappa shape index (κ2) is 7.48. The van der Waals surface area contributed by atoms with Crippen LogP contribution < -0.4 is 5.32 Å². The standard InChI is InChI=1S/C17H28N2S/c1-4-20-13-15(2)19-12-8-11-18-17(3,14-19)16-9-6-5-7-10-16/h5-7,9-10,15,18H,4,8,11-14H2,1-3H3. The number of nitrogens with one attached hydrogen (secondary N) is 1. The van der Waals surface area contributed by atoms with E-state index in [1.165, 1.54) is 30.0 Å². The van der Waals surface area contributed by atoms with Crippen LogP contribution in [0, 0.1) is 0 Å². The van der Waals surface area contributed by atoms with Gasteiger partial charge < -0.3 is 5.32 Å². The number of benzene rings is 1. The lowest BCUT2D eigenvalue weighted by atomic mass is 9.91. The fourth-order valence-corrected chi connectivity index (χ4v) is 3.74. The Morgan fingerprint density at radius 3 is 2.80 bits per heavy atom. The third-order valence-electron chi connectivity index (χ3n) is 4.25. The van der Waals surface area contributed by atoms with Crippen molar-refractivity contribution < 1.29 is 0 Å². The minimum Gasteiger partial charge on any atom is -0.307 e. The molecule has 112 valence electrons. The summed E-state index contributed by atoms with van der Waals surface area (Å²) < 4.78 is 0. The summed E-state index contributed by atoms with van der Waals surface area (Å²) in [4.78, 5) is 2.66. The molecule has 0 amide bonds. The molecule has 20 heavy (non-hydrogen) atoms. The highest BCUT2D eigenvalue weighted by Gasteiger charge is 2.32. The van der Waals surface area contributed by atoms with Gasteiger partial charge in [-0.1, -0.05) is 37.3 Å². The molecule has 1 aliphatic rings. The molecule has 2 rings (SSSR count). The fourth-order valence-electron chi connectivity index (χ4n) is 2.96. The van der Waals surface area contributed by atoms with Crippen LogP contribution in [0.2, 0.25) is 0 Å². The third-order valence-corrected chi connectivity index (χ3v) is 5.38. The van der Waals surface area contributed by atoms with E-state index < -0.39 is 0 Å². The molecule has 0 radical (unpaired) electrons. The van der Waals surface area contributed by atoms with Gasteiger partial charge in [0.25, 0.3) is 0 Å². The fraction of sp³-hybridized carbons (Fsp3) is 0.647. The quantitative estimate of drug-likeness (QED) is 0.896. The summed E-state index contributed by atoms with van der Waals surface area (Å²) in [6.07, 6.45) is 1.24. The van der Waals surface area contributed by atoms with E-state index in [1.807, 2.05) is 0 Å². The molecule has 1 fully saturated rings. The van der Waals surface area contributed by atoms with Crippen molar-refractivity contribution in [3.8, 4) is 0 Å². The summed E-state index contributed by atoms with van der Waals surface area (Å²) >= 11 is 2.05. The first-order valence-corrected chi connectivity index (χ1v) is 8.93. The van der Waals surface area contributed by atoms with Gasteiger partial charge >= 0.3 is 0 Å². The Labute approximate surface area is 128 Å². The molecule has 2 atom stereocenters. The highest BCUT2D eigenvalue weighted by molar-refractivity contribution is 7.99. The van der Waals surface area contributed by atoms with Crippen molar-refractivity contribution in [1.29, 1.82) is 0 Å². The second-order valence-electron chi connectivity index (χ2n) is 5.96. The summed E-state index contributed by atoms with van der Waals surface area (Å²) in [5.74, 6) is 2.45. The molecule has 3 heteroatoms. The van der Waals surface area contributed by atoms with E-state index in [2.05, 4.69) is 73.1 Å². The summed E-state index contributed by atoms with van der Waals surface area (Å²) in [7, 11) is 0. The second-order valence-corrected chi connectivity index (χ2v) is 7.28. The average molecular weight is 292 g/mol. The number of hydrogen-bond donors (Lipinski definition) is 1. The Hall–Kier alpha value is -0.510. The SMILES string of the molecule is CCSCC(C)N1CCCNC(C)(c2ccccc2)C1. The van der Waals surface area contributed by atoms with Crippen molar-refractivity contribution in [3.63, 3.8) is 0 Å². The van der Waals surface area contributed by atoms with Crippen LogP contribution in [0.5, 0.6) is 0 Å². The minimum absolute atomic E-state index is 0.0723. The largest absolute Gasteiger partial charge is 0.307 e. The molecule has 0 spiro atoms. The molecule has 1 heterocycles.